The standard InChI is InChI=1S/C12H17F2N3O2S/c1-8(2)17-20(18,19)10-4-3-5-15-11(10)16-9-6-12(13,14)7-9/h3-5,8-9,17H,6-7H2,1-2H3,(H,15,16). The van der Waals surface area contributed by atoms with E-state index in [0.717, 1.165) is 0 Å². The van der Waals surface area contributed by atoms with Gasteiger partial charge >= 0.3 is 0 Å². The number of nitrogens with zero attached hydrogens (tertiary/aromatic N) is 1. The van der Waals surface area contributed by atoms with Crippen LogP contribution in [0.1, 0.15) is 26.7 Å². The molecule has 0 aliphatic heterocycles. The number of nitrogens with one attached hydrogen (secondary N) is 2. The number of pyridine rings is 1. The van der Waals surface area contributed by atoms with Crippen LogP contribution in [0.4, 0.5) is 14.6 Å². The van der Waals surface area contributed by atoms with E-state index in [1.54, 1.807) is 13.8 Å². The highest BCUT2D eigenvalue weighted by Crippen LogP contribution is 2.39. The molecule has 2 rings (SSSR count). The summed E-state index contributed by atoms with van der Waals surface area (Å²) in [5.74, 6) is -2.55. The molecule has 1 fully saturated rings. The van der Waals surface area contributed by atoms with E-state index in [4.69, 9.17) is 0 Å². The molecule has 1 aromatic rings. The average molecular weight is 305 g/mol. The number of alkyl halides is 2. The van der Waals surface area contributed by atoms with Crippen LogP contribution in [0.3, 0.4) is 0 Å². The highest BCUT2D eigenvalue weighted by molar-refractivity contribution is 7.89. The second kappa shape index (κ2) is 5.25. The number of sulfonamides is 1. The predicted octanol–water partition coefficient (Wildman–Crippen LogP) is 1.98. The van der Waals surface area contributed by atoms with E-state index in [2.05, 4.69) is 15.0 Å². The lowest BCUT2D eigenvalue weighted by Crippen LogP contribution is -2.44. The van der Waals surface area contributed by atoms with Gasteiger partial charge in [-0.2, -0.15) is 0 Å². The summed E-state index contributed by atoms with van der Waals surface area (Å²) < 4.78 is 52.3. The summed E-state index contributed by atoms with van der Waals surface area (Å²) in [6.45, 7) is 3.40. The molecule has 0 aromatic carbocycles. The van der Waals surface area contributed by atoms with Crippen molar-refractivity contribution < 1.29 is 17.2 Å². The first kappa shape index (κ1) is 15.1. The first-order valence-electron chi connectivity index (χ1n) is 6.31. The fourth-order valence-electron chi connectivity index (χ4n) is 2.05. The van der Waals surface area contributed by atoms with Crippen LogP contribution >= 0.6 is 0 Å². The van der Waals surface area contributed by atoms with Crippen molar-refractivity contribution in [1.29, 1.82) is 0 Å². The summed E-state index contributed by atoms with van der Waals surface area (Å²) >= 11 is 0. The molecule has 1 aliphatic carbocycles. The molecule has 0 bridgehead atoms. The SMILES string of the molecule is CC(C)NS(=O)(=O)c1cccnc1NC1CC(F)(F)C1. The lowest BCUT2D eigenvalue weighted by atomic mass is 9.88. The highest BCUT2D eigenvalue weighted by atomic mass is 32.2. The van der Waals surface area contributed by atoms with Gasteiger partial charge in [-0.25, -0.2) is 26.9 Å². The van der Waals surface area contributed by atoms with Gasteiger partial charge in [0.2, 0.25) is 10.0 Å². The Labute approximate surface area is 116 Å². The summed E-state index contributed by atoms with van der Waals surface area (Å²) in [5, 5.41) is 2.77. The second-order valence-electron chi connectivity index (χ2n) is 5.23. The number of anilines is 1. The zero-order valence-corrected chi connectivity index (χ0v) is 12.0. The maximum atomic E-state index is 12.8. The monoisotopic (exact) mass is 305 g/mol. The van der Waals surface area contributed by atoms with Gasteiger partial charge in [0.25, 0.3) is 5.92 Å². The molecule has 8 heteroatoms. The zero-order valence-electron chi connectivity index (χ0n) is 11.2. The summed E-state index contributed by atoms with van der Waals surface area (Å²) in [5.41, 5.74) is 0. The zero-order chi connectivity index (χ0) is 15.0. The third-order valence-corrected chi connectivity index (χ3v) is 4.57. The van der Waals surface area contributed by atoms with Gasteiger partial charge in [0.05, 0.1) is 0 Å². The summed E-state index contributed by atoms with van der Waals surface area (Å²) in [6.07, 6.45) is 0.814. The van der Waals surface area contributed by atoms with Crippen LogP contribution in [0, 0.1) is 0 Å². The number of hydrogen-bond acceptors (Lipinski definition) is 4. The summed E-state index contributed by atoms with van der Waals surface area (Å²) in [6, 6.07) is 2.18. The minimum absolute atomic E-state index is 0.0242. The van der Waals surface area contributed by atoms with Crippen LogP contribution in [0.2, 0.25) is 0 Å². The van der Waals surface area contributed by atoms with Crippen molar-refractivity contribution in [3.8, 4) is 0 Å². The topological polar surface area (TPSA) is 71.1 Å². The molecule has 112 valence electrons. The summed E-state index contributed by atoms with van der Waals surface area (Å²) in [4.78, 5) is 3.92. The van der Waals surface area contributed by atoms with Gasteiger partial charge in [-0.1, -0.05) is 0 Å². The van der Waals surface area contributed by atoms with Gasteiger partial charge in [-0.3, -0.25) is 0 Å². The summed E-state index contributed by atoms with van der Waals surface area (Å²) in [7, 11) is -3.71. The molecular weight excluding hydrogens is 288 g/mol. The molecule has 0 radical (unpaired) electrons. The maximum absolute atomic E-state index is 12.8. The van der Waals surface area contributed by atoms with Crippen LogP contribution in [-0.2, 0) is 10.0 Å². The molecule has 0 unspecified atom stereocenters. The number of hydrogen-bond donors (Lipinski definition) is 2. The largest absolute Gasteiger partial charge is 0.366 e. The fraction of sp³-hybridized carbons (Fsp3) is 0.583. The lowest BCUT2D eigenvalue weighted by Gasteiger charge is -2.35. The Kier molecular flexibility index (Phi) is 3.97. The molecule has 20 heavy (non-hydrogen) atoms. The van der Waals surface area contributed by atoms with E-state index in [1.807, 2.05) is 0 Å². The van der Waals surface area contributed by atoms with Gasteiger partial charge in [-0.15, -0.1) is 0 Å². The van der Waals surface area contributed by atoms with Crippen molar-refractivity contribution in [2.45, 2.75) is 49.6 Å². The van der Waals surface area contributed by atoms with Crippen LogP contribution in [0.25, 0.3) is 0 Å². The second-order valence-corrected chi connectivity index (χ2v) is 6.91. The molecule has 0 saturated heterocycles. The molecule has 0 atom stereocenters. The number of rotatable bonds is 5. The molecule has 1 saturated carbocycles. The highest BCUT2D eigenvalue weighted by Gasteiger charge is 2.45. The van der Waals surface area contributed by atoms with Crippen molar-refractivity contribution in [2.24, 2.45) is 0 Å². The minimum Gasteiger partial charge on any atom is -0.366 e. The van der Waals surface area contributed by atoms with Crippen molar-refractivity contribution in [1.82, 2.24) is 9.71 Å². The Morgan fingerprint density at radius 2 is 2.05 bits per heavy atom. The first-order valence-corrected chi connectivity index (χ1v) is 7.80. The number of halogens is 2. The lowest BCUT2D eigenvalue weighted by molar-refractivity contribution is -0.0794. The number of aromatic nitrogens is 1. The van der Waals surface area contributed by atoms with E-state index >= 15 is 0 Å². The Morgan fingerprint density at radius 3 is 2.60 bits per heavy atom. The van der Waals surface area contributed by atoms with Crippen LogP contribution in [0.5, 0.6) is 0 Å². The Bertz CT molecular complexity index is 582. The van der Waals surface area contributed by atoms with E-state index in [9.17, 15) is 17.2 Å². The van der Waals surface area contributed by atoms with E-state index in [1.165, 1.54) is 18.3 Å². The van der Waals surface area contributed by atoms with Gasteiger partial charge in [0.1, 0.15) is 10.7 Å². The smallest absolute Gasteiger partial charge is 0.252 e. The predicted molar refractivity (Wildman–Crippen MR) is 71.3 cm³/mol. The molecule has 2 N–H and O–H groups in total. The van der Waals surface area contributed by atoms with Gasteiger partial charge in [-0.05, 0) is 26.0 Å². The quantitative estimate of drug-likeness (QED) is 0.872. The molecule has 1 heterocycles. The first-order chi connectivity index (χ1) is 9.20. The molecule has 0 spiro atoms. The Hall–Kier alpha value is -1.28. The van der Waals surface area contributed by atoms with Crippen molar-refractivity contribution >= 4 is 15.8 Å². The molecule has 1 aromatic heterocycles. The Balaban J connectivity index is 2.19. The van der Waals surface area contributed by atoms with Crippen molar-refractivity contribution in [3.63, 3.8) is 0 Å². The average Bonchev–Trinajstić information content (AvgIpc) is 2.25. The molecular formula is C12H17F2N3O2S. The molecule has 5 nitrogen and oxygen atoms in total. The minimum atomic E-state index is -3.71. The van der Waals surface area contributed by atoms with Crippen LogP contribution < -0.4 is 10.0 Å². The Morgan fingerprint density at radius 1 is 1.40 bits per heavy atom. The van der Waals surface area contributed by atoms with Crippen molar-refractivity contribution in [2.75, 3.05) is 5.32 Å². The van der Waals surface area contributed by atoms with Gasteiger partial charge in [0.15, 0.2) is 0 Å². The maximum Gasteiger partial charge on any atom is 0.252 e. The van der Waals surface area contributed by atoms with Gasteiger partial charge < -0.3 is 5.32 Å². The third-order valence-electron chi connectivity index (χ3n) is 2.88. The van der Waals surface area contributed by atoms with Crippen LogP contribution in [0.15, 0.2) is 23.2 Å². The van der Waals surface area contributed by atoms with Crippen molar-refractivity contribution in [3.05, 3.63) is 18.3 Å². The fourth-order valence-corrected chi connectivity index (χ4v) is 3.42. The molecule has 0 amide bonds. The van der Waals surface area contributed by atoms with E-state index in [0.29, 0.717) is 0 Å². The van der Waals surface area contributed by atoms with Gasteiger partial charge in [0, 0.05) is 31.1 Å². The van der Waals surface area contributed by atoms with E-state index < -0.39 is 22.0 Å². The third kappa shape index (κ3) is 3.43. The van der Waals surface area contributed by atoms with E-state index in [-0.39, 0.29) is 29.6 Å². The normalized spacial score (nSPS) is 18.9. The molecule has 1 aliphatic rings. The van der Waals surface area contributed by atoms with Crippen LogP contribution in [-0.4, -0.2) is 31.4 Å².